The monoisotopic (exact) mass is 401 g/mol. The van der Waals surface area contributed by atoms with E-state index in [1.54, 1.807) is 19.2 Å². The van der Waals surface area contributed by atoms with Crippen LogP contribution >= 0.6 is 23.1 Å². The van der Waals surface area contributed by atoms with Gasteiger partial charge >= 0.3 is 6.03 Å². The summed E-state index contributed by atoms with van der Waals surface area (Å²) in [6.45, 7) is 0. The van der Waals surface area contributed by atoms with Crippen molar-refractivity contribution in [2.24, 2.45) is 0 Å². The summed E-state index contributed by atoms with van der Waals surface area (Å²) in [5, 5.41) is 14.0. The van der Waals surface area contributed by atoms with Gasteiger partial charge in [0, 0.05) is 24.7 Å². The molecule has 0 fully saturated rings. The number of urea groups is 1. The fourth-order valence-corrected chi connectivity index (χ4v) is 3.93. The van der Waals surface area contributed by atoms with Gasteiger partial charge in [0.05, 0.1) is 12.8 Å². The molecule has 27 heavy (non-hydrogen) atoms. The summed E-state index contributed by atoms with van der Waals surface area (Å²) < 4.78 is 5.97. The number of hydrogen-bond donors (Lipinski definition) is 2. The Hall–Kier alpha value is -2.78. The summed E-state index contributed by atoms with van der Waals surface area (Å²) in [6, 6.07) is 14.9. The SMILES string of the molecule is COc1ccccc1NC(=O)Nc1nnc(Sc2ccc(N(C)C)cc2)s1. The van der Waals surface area contributed by atoms with Crippen molar-refractivity contribution >= 4 is 45.6 Å². The predicted octanol–water partition coefficient (Wildman–Crippen LogP) is 4.41. The third-order valence-corrected chi connectivity index (χ3v) is 5.44. The van der Waals surface area contributed by atoms with E-state index < -0.39 is 6.03 Å². The Labute approximate surface area is 165 Å². The topological polar surface area (TPSA) is 79.4 Å². The summed E-state index contributed by atoms with van der Waals surface area (Å²) in [6.07, 6.45) is 0. The van der Waals surface area contributed by atoms with Crippen LogP contribution in [-0.2, 0) is 0 Å². The number of ether oxygens (including phenoxy) is 1. The highest BCUT2D eigenvalue weighted by Gasteiger charge is 2.11. The van der Waals surface area contributed by atoms with Crippen LogP contribution in [0.4, 0.5) is 21.3 Å². The van der Waals surface area contributed by atoms with Gasteiger partial charge in [-0.25, -0.2) is 4.79 Å². The first-order valence-electron chi connectivity index (χ1n) is 8.05. The van der Waals surface area contributed by atoms with Crippen LogP contribution in [0.1, 0.15) is 0 Å². The number of para-hydroxylation sites is 2. The predicted molar refractivity (Wildman–Crippen MR) is 110 cm³/mol. The number of aromatic nitrogens is 2. The number of rotatable bonds is 6. The molecule has 9 heteroatoms. The van der Waals surface area contributed by atoms with E-state index in [2.05, 4.69) is 20.8 Å². The summed E-state index contributed by atoms with van der Waals surface area (Å²) in [7, 11) is 5.56. The van der Waals surface area contributed by atoms with E-state index in [1.165, 1.54) is 23.1 Å². The zero-order chi connectivity index (χ0) is 19.2. The van der Waals surface area contributed by atoms with Crippen molar-refractivity contribution in [1.82, 2.24) is 10.2 Å². The standard InChI is InChI=1S/C18H19N5O2S2/c1-23(2)12-8-10-13(11-9-12)26-18-22-21-17(27-18)20-16(24)19-14-6-4-5-7-15(14)25-3/h4-11H,1-3H3,(H2,19,20,21,24). The van der Waals surface area contributed by atoms with Crippen LogP contribution in [0.5, 0.6) is 5.75 Å². The van der Waals surface area contributed by atoms with Gasteiger partial charge in [-0.1, -0.05) is 35.2 Å². The largest absolute Gasteiger partial charge is 0.495 e. The Morgan fingerprint density at radius 3 is 2.52 bits per heavy atom. The van der Waals surface area contributed by atoms with Gasteiger partial charge in [-0.05, 0) is 36.4 Å². The average Bonchev–Trinajstić information content (AvgIpc) is 3.09. The first kappa shape index (κ1) is 19.0. The van der Waals surface area contributed by atoms with Crippen LogP contribution in [0.2, 0.25) is 0 Å². The lowest BCUT2D eigenvalue weighted by molar-refractivity contribution is 0.262. The number of nitrogens with one attached hydrogen (secondary N) is 2. The number of nitrogens with zero attached hydrogens (tertiary/aromatic N) is 3. The highest BCUT2D eigenvalue weighted by molar-refractivity contribution is 8.01. The first-order chi connectivity index (χ1) is 13.0. The van der Waals surface area contributed by atoms with E-state index in [0.29, 0.717) is 16.6 Å². The van der Waals surface area contributed by atoms with Gasteiger partial charge in [0.25, 0.3) is 0 Å². The quantitative estimate of drug-likeness (QED) is 0.596. The summed E-state index contributed by atoms with van der Waals surface area (Å²) in [5.41, 5.74) is 1.71. The zero-order valence-electron chi connectivity index (χ0n) is 15.1. The molecule has 2 N–H and O–H groups in total. The number of methoxy groups -OCH3 is 1. The molecule has 0 saturated carbocycles. The Balaban J connectivity index is 1.59. The Bertz CT molecular complexity index is 912. The fraction of sp³-hybridized carbons (Fsp3) is 0.167. The molecule has 3 aromatic rings. The first-order valence-corrected chi connectivity index (χ1v) is 9.68. The summed E-state index contributed by atoms with van der Waals surface area (Å²) in [5.74, 6) is 0.585. The molecule has 0 atom stereocenters. The Morgan fingerprint density at radius 2 is 1.81 bits per heavy atom. The van der Waals surface area contributed by atoms with Gasteiger partial charge in [-0.15, -0.1) is 10.2 Å². The van der Waals surface area contributed by atoms with Gasteiger partial charge < -0.3 is 15.0 Å². The molecular formula is C18H19N5O2S2. The number of amides is 2. The molecular weight excluding hydrogens is 382 g/mol. The van der Waals surface area contributed by atoms with Gasteiger partial charge in [0.1, 0.15) is 5.75 Å². The van der Waals surface area contributed by atoms with Crippen LogP contribution < -0.4 is 20.3 Å². The molecule has 0 saturated heterocycles. The van der Waals surface area contributed by atoms with E-state index in [4.69, 9.17) is 4.74 Å². The van der Waals surface area contributed by atoms with E-state index in [0.717, 1.165) is 14.9 Å². The number of hydrogen-bond acceptors (Lipinski definition) is 7. The van der Waals surface area contributed by atoms with Crippen molar-refractivity contribution in [2.75, 3.05) is 36.7 Å². The maximum atomic E-state index is 12.2. The van der Waals surface area contributed by atoms with Gasteiger partial charge in [0.15, 0.2) is 4.34 Å². The molecule has 0 radical (unpaired) electrons. The third-order valence-electron chi connectivity index (χ3n) is 3.54. The molecule has 0 bridgehead atoms. The van der Waals surface area contributed by atoms with Gasteiger partial charge in [0.2, 0.25) is 5.13 Å². The van der Waals surface area contributed by atoms with E-state index in [1.807, 2.05) is 55.4 Å². The van der Waals surface area contributed by atoms with E-state index >= 15 is 0 Å². The molecule has 0 unspecified atom stereocenters. The molecule has 2 aromatic carbocycles. The minimum Gasteiger partial charge on any atom is -0.495 e. The fourth-order valence-electron chi connectivity index (χ4n) is 2.21. The maximum Gasteiger partial charge on any atom is 0.325 e. The molecule has 1 aromatic heterocycles. The molecule has 0 aliphatic carbocycles. The number of carbonyl (C=O) groups excluding carboxylic acids is 1. The number of anilines is 3. The van der Waals surface area contributed by atoms with Crippen LogP contribution in [0.25, 0.3) is 0 Å². The highest BCUT2D eigenvalue weighted by Crippen LogP contribution is 2.33. The smallest absolute Gasteiger partial charge is 0.325 e. The summed E-state index contributed by atoms with van der Waals surface area (Å²) in [4.78, 5) is 15.3. The van der Waals surface area contributed by atoms with E-state index in [-0.39, 0.29) is 0 Å². The maximum absolute atomic E-state index is 12.2. The van der Waals surface area contributed by atoms with Crippen molar-refractivity contribution in [2.45, 2.75) is 9.24 Å². The Morgan fingerprint density at radius 1 is 1.07 bits per heavy atom. The highest BCUT2D eigenvalue weighted by atomic mass is 32.2. The number of benzene rings is 2. The van der Waals surface area contributed by atoms with Gasteiger partial charge in [-0.2, -0.15) is 0 Å². The summed E-state index contributed by atoms with van der Waals surface area (Å²) >= 11 is 2.81. The minimum absolute atomic E-state index is 0.400. The molecule has 2 amide bonds. The zero-order valence-corrected chi connectivity index (χ0v) is 16.7. The molecule has 3 rings (SSSR count). The van der Waals surface area contributed by atoms with Crippen molar-refractivity contribution in [3.05, 3.63) is 48.5 Å². The van der Waals surface area contributed by atoms with Gasteiger partial charge in [-0.3, -0.25) is 5.32 Å². The molecule has 7 nitrogen and oxygen atoms in total. The lowest BCUT2D eigenvalue weighted by Gasteiger charge is -2.11. The average molecular weight is 402 g/mol. The second kappa shape index (κ2) is 8.74. The third kappa shape index (κ3) is 5.11. The van der Waals surface area contributed by atoms with Crippen LogP contribution in [0, 0.1) is 0 Å². The van der Waals surface area contributed by atoms with Crippen molar-refractivity contribution < 1.29 is 9.53 Å². The molecule has 0 aliphatic rings. The van der Waals surface area contributed by atoms with E-state index in [9.17, 15) is 4.79 Å². The number of carbonyl (C=O) groups is 1. The second-order valence-corrected chi connectivity index (χ2v) is 7.94. The second-order valence-electron chi connectivity index (χ2n) is 5.64. The van der Waals surface area contributed by atoms with Crippen LogP contribution in [0.15, 0.2) is 57.8 Å². The Kier molecular flexibility index (Phi) is 6.15. The van der Waals surface area contributed by atoms with Crippen molar-refractivity contribution in [3.63, 3.8) is 0 Å². The molecule has 1 heterocycles. The minimum atomic E-state index is -0.400. The van der Waals surface area contributed by atoms with Crippen LogP contribution in [-0.4, -0.2) is 37.4 Å². The lowest BCUT2D eigenvalue weighted by atomic mass is 10.3. The van der Waals surface area contributed by atoms with Crippen LogP contribution in [0.3, 0.4) is 0 Å². The normalized spacial score (nSPS) is 10.3. The van der Waals surface area contributed by atoms with Crippen molar-refractivity contribution in [3.8, 4) is 5.75 Å². The molecule has 0 spiro atoms. The molecule has 140 valence electrons. The lowest BCUT2D eigenvalue weighted by Crippen LogP contribution is -2.19. The van der Waals surface area contributed by atoms with Crippen molar-refractivity contribution in [1.29, 1.82) is 0 Å². The molecule has 0 aliphatic heterocycles.